The highest BCUT2D eigenvalue weighted by Crippen LogP contribution is 2.29. The largest absolute Gasteiger partial charge is 0.394 e. The van der Waals surface area contributed by atoms with Gasteiger partial charge in [0.15, 0.2) is 0 Å². The zero-order valence-corrected chi connectivity index (χ0v) is 11.9. The Bertz CT molecular complexity index is 460. The second kappa shape index (κ2) is 5.50. The van der Waals surface area contributed by atoms with Crippen molar-refractivity contribution in [2.75, 3.05) is 30.3 Å². The lowest BCUT2D eigenvalue weighted by molar-refractivity contribution is -0.119. The first-order valence-electron chi connectivity index (χ1n) is 6.77. The zero-order chi connectivity index (χ0) is 14.0. The fourth-order valence-corrected chi connectivity index (χ4v) is 2.67. The smallest absolute Gasteiger partial charge is 0.216 e. The van der Waals surface area contributed by atoms with E-state index in [0.29, 0.717) is 5.92 Å². The van der Waals surface area contributed by atoms with Crippen LogP contribution in [0.15, 0.2) is 0 Å². The van der Waals surface area contributed by atoms with Crippen molar-refractivity contribution in [2.45, 2.75) is 26.7 Å². The maximum Gasteiger partial charge on any atom is 0.216 e. The average Bonchev–Trinajstić information content (AvgIpc) is 2.62. The second-order valence-electron chi connectivity index (χ2n) is 5.31. The van der Waals surface area contributed by atoms with Crippen molar-refractivity contribution >= 4 is 17.4 Å². The van der Waals surface area contributed by atoms with Crippen LogP contribution in [-0.2, 0) is 11.8 Å². The number of aromatic nitrogens is 2. The van der Waals surface area contributed by atoms with Crippen LogP contribution in [0, 0.1) is 12.8 Å². The van der Waals surface area contributed by atoms with E-state index in [-0.39, 0.29) is 5.91 Å². The summed E-state index contributed by atoms with van der Waals surface area (Å²) in [6.07, 6.45) is 2.15. The van der Waals surface area contributed by atoms with Crippen molar-refractivity contribution in [1.82, 2.24) is 15.1 Å². The van der Waals surface area contributed by atoms with Gasteiger partial charge in [-0.1, -0.05) is 0 Å². The lowest BCUT2D eigenvalue weighted by Gasteiger charge is -2.33. The first-order valence-corrected chi connectivity index (χ1v) is 6.77. The van der Waals surface area contributed by atoms with Gasteiger partial charge in [-0.25, -0.2) is 0 Å². The van der Waals surface area contributed by atoms with Gasteiger partial charge in [0.1, 0.15) is 5.82 Å². The zero-order valence-electron chi connectivity index (χ0n) is 11.9. The number of amides is 1. The number of aryl methyl sites for hydroxylation is 2. The van der Waals surface area contributed by atoms with E-state index in [2.05, 4.69) is 15.3 Å². The highest BCUT2D eigenvalue weighted by molar-refractivity contribution is 5.72. The summed E-state index contributed by atoms with van der Waals surface area (Å²) in [4.78, 5) is 13.2. The average molecular weight is 265 g/mol. The molecule has 19 heavy (non-hydrogen) atoms. The van der Waals surface area contributed by atoms with E-state index < -0.39 is 0 Å². The fraction of sp³-hybridized carbons (Fsp3) is 0.692. The van der Waals surface area contributed by atoms with Gasteiger partial charge in [0.25, 0.3) is 0 Å². The predicted molar refractivity (Wildman–Crippen MR) is 76.0 cm³/mol. The molecule has 0 saturated carbocycles. The molecule has 0 bridgehead atoms. The summed E-state index contributed by atoms with van der Waals surface area (Å²) >= 11 is 0. The van der Waals surface area contributed by atoms with E-state index in [1.54, 1.807) is 6.92 Å². The predicted octanol–water partition coefficient (Wildman–Crippen LogP) is 0.663. The van der Waals surface area contributed by atoms with Crippen molar-refractivity contribution in [2.24, 2.45) is 13.0 Å². The van der Waals surface area contributed by atoms with E-state index in [4.69, 9.17) is 5.73 Å². The normalized spacial score (nSPS) is 16.7. The summed E-state index contributed by atoms with van der Waals surface area (Å²) < 4.78 is 1.86. The van der Waals surface area contributed by atoms with Gasteiger partial charge in [-0.3, -0.25) is 9.48 Å². The van der Waals surface area contributed by atoms with Crippen molar-refractivity contribution in [3.05, 3.63) is 5.69 Å². The molecule has 0 aliphatic carbocycles. The molecule has 106 valence electrons. The monoisotopic (exact) mass is 265 g/mol. The Balaban J connectivity index is 1.94. The van der Waals surface area contributed by atoms with Gasteiger partial charge in [-0.15, -0.1) is 0 Å². The van der Waals surface area contributed by atoms with Gasteiger partial charge in [-0.05, 0) is 25.7 Å². The number of nitrogens with zero attached hydrogens (tertiary/aromatic N) is 3. The lowest BCUT2D eigenvalue weighted by atomic mass is 9.96. The van der Waals surface area contributed by atoms with Crippen LogP contribution in [-0.4, -0.2) is 35.3 Å². The summed E-state index contributed by atoms with van der Waals surface area (Å²) in [5, 5.41) is 7.25. The Morgan fingerprint density at radius 2 is 2.11 bits per heavy atom. The van der Waals surface area contributed by atoms with Crippen LogP contribution >= 0.6 is 0 Å². The van der Waals surface area contributed by atoms with Gasteiger partial charge in [0.05, 0.1) is 11.4 Å². The van der Waals surface area contributed by atoms with Gasteiger partial charge >= 0.3 is 0 Å². The molecule has 0 unspecified atom stereocenters. The highest BCUT2D eigenvalue weighted by Gasteiger charge is 2.23. The van der Waals surface area contributed by atoms with Crippen molar-refractivity contribution in [3.63, 3.8) is 0 Å². The number of rotatable bonds is 3. The van der Waals surface area contributed by atoms with E-state index in [1.165, 1.54) is 0 Å². The number of anilines is 2. The van der Waals surface area contributed by atoms with Gasteiger partial charge in [0, 0.05) is 33.6 Å². The molecule has 0 spiro atoms. The van der Waals surface area contributed by atoms with E-state index in [1.807, 2.05) is 18.7 Å². The first-order chi connectivity index (χ1) is 8.99. The third-order valence-electron chi connectivity index (χ3n) is 3.79. The molecule has 1 saturated heterocycles. The summed E-state index contributed by atoms with van der Waals surface area (Å²) in [5.41, 5.74) is 7.75. The van der Waals surface area contributed by atoms with Crippen LogP contribution in [0.25, 0.3) is 0 Å². The van der Waals surface area contributed by atoms with Crippen molar-refractivity contribution < 1.29 is 4.79 Å². The van der Waals surface area contributed by atoms with Gasteiger partial charge < -0.3 is 16.0 Å². The van der Waals surface area contributed by atoms with Crippen LogP contribution in [0.4, 0.5) is 11.5 Å². The van der Waals surface area contributed by atoms with E-state index in [9.17, 15) is 4.79 Å². The molecule has 6 nitrogen and oxygen atoms in total. The molecular weight excluding hydrogens is 242 g/mol. The molecule has 2 heterocycles. The standard InChI is InChI=1S/C13H23N5O/c1-9-12(14)13(17(3)16-9)18-6-4-11(5-7-18)8-15-10(2)19/h11H,4-8,14H2,1-3H3,(H,15,19). The molecule has 3 N–H and O–H groups in total. The van der Waals surface area contributed by atoms with Gasteiger partial charge in [-0.2, -0.15) is 5.10 Å². The minimum atomic E-state index is 0.0499. The molecule has 1 amide bonds. The molecule has 0 radical (unpaired) electrons. The lowest BCUT2D eigenvalue weighted by Crippen LogP contribution is -2.39. The third kappa shape index (κ3) is 3.00. The Hall–Kier alpha value is -1.72. The van der Waals surface area contributed by atoms with Crippen LogP contribution in [0.1, 0.15) is 25.5 Å². The van der Waals surface area contributed by atoms with E-state index in [0.717, 1.165) is 49.7 Å². The molecule has 1 aliphatic heterocycles. The van der Waals surface area contributed by atoms with Crippen LogP contribution in [0.3, 0.4) is 0 Å². The Morgan fingerprint density at radius 1 is 1.47 bits per heavy atom. The quantitative estimate of drug-likeness (QED) is 0.842. The number of carbonyl (C=O) groups is 1. The Labute approximate surface area is 113 Å². The number of piperidine rings is 1. The second-order valence-corrected chi connectivity index (χ2v) is 5.31. The summed E-state index contributed by atoms with van der Waals surface area (Å²) in [7, 11) is 1.93. The molecular formula is C13H23N5O. The Morgan fingerprint density at radius 3 is 2.58 bits per heavy atom. The maximum absolute atomic E-state index is 10.9. The SMILES string of the molecule is CC(=O)NCC1CCN(c2c(N)c(C)nn2C)CC1. The number of nitrogens with one attached hydrogen (secondary N) is 1. The molecule has 2 rings (SSSR count). The number of nitrogen functional groups attached to an aromatic ring is 1. The van der Waals surface area contributed by atoms with Crippen molar-refractivity contribution in [1.29, 1.82) is 0 Å². The third-order valence-corrected chi connectivity index (χ3v) is 3.79. The molecule has 1 aromatic heterocycles. The van der Waals surface area contributed by atoms with E-state index >= 15 is 0 Å². The summed E-state index contributed by atoms with van der Waals surface area (Å²) in [5.74, 6) is 1.64. The fourth-order valence-electron chi connectivity index (χ4n) is 2.67. The first kappa shape index (κ1) is 13.7. The minimum absolute atomic E-state index is 0.0499. The number of hydrogen-bond donors (Lipinski definition) is 2. The molecule has 1 aliphatic rings. The summed E-state index contributed by atoms with van der Waals surface area (Å²) in [6, 6.07) is 0. The minimum Gasteiger partial charge on any atom is -0.394 e. The molecule has 0 aromatic carbocycles. The van der Waals surface area contributed by atoms with Crippen LogP contribution in [0.2, 0.25) is 0 Å². The molecule has 1 fully saturated rings. The maximum atomic E-state index is 10.9. The molecule has 0 atom stereocenters. The molecule has 1 aromatic rings. The van der Waals surface area contributed by atoms with Gasteiger partial charge in [0.2, 0.25) is 5.91 Å². The van der Waals surface area contributed by atoms with Crippen LogP contribution in [0.5, 0.6) is 0 Å². The number of nitrogens with two attached hydrogens (primary N) is 1. The number of carbonyl (C=O) groups excluding carboxylic acids is 1. The topological polar surface area (TPSA) is 76.2 Å². The highest BCUT2D eigenvalue weighted by atomic mass is 16.1. The number of hydrogen-bond acceptors (Lipinski definition) is 4. The summed E-state index contributed by atoms with van der Waals surface area (Å²) in [6.45, 7) is 6.21. The van der Waals surface area contributed by atoms with Crippen molar-refractivity contribution in [3.8, 4) is 0 Å². The molecule has 6 heteroatoms. The Kier molecular flexibility index (Phi) is 3.97. The van der Waals surface area contributed by atoms with Crippen LogP contribution < -0.4 is 16.0 Å².